The maximum atomic E-state index is 6.22. The molecule has 1 heterocycles. The van der Waals surface area contributed by atoms with Gasteiger partial charge in [-0.2, -0.15) is 0 Å². The van der Waals surface area contributed by atoms with E-state index >= 15 is 0 Å². The topological polar surface area (TPSA) is 15.7 Å². The molecule has 0 saturated heterocycles. The highest BCUT2D eigenvalue weighted by atomic mass is 35.5. The van der Waals surface area contributed by atoms with Crippen LogP contribution in [0.2, 0.25) is 5.02 Å². The molecule has 0 unspecified atom stereocenters. The molecule has 3 rings (SSSR count). The maximum Gasteiger partial charge on any atom is 0.0896 e. The Hall–Kier alpha value is -1.97. The lowest BCUT2D eigenvalue weighted by atomic mass is 9.96. The highest BCUT2D eigenvalue weighted by Crippen LogP contribution is 2.37. The van der Waals surface area contributed by atoms with Gasteiger partial charge < -0.3 is 14.5 Å². The van der Waals surface area contributed by atoms with Gasteiger partial charge in [0.15, 0.2) is 0 Å². The van der Waals surface area contributed by atoms with E-state index in [4.69, 9.17) is 16.3 Å². The van der Waals surface area contributed by atoms with Gasteiger partial charge in [0.1, 0.15) is 0 Å². The van der Waals surface area contributed by atoms with Gasteiger partial charge in [0, 0.05) is 48.8 Å². The summed E-state index contributed by atoms with van der Waals surface area (Å²) < 4.78 is 6.06. The molecule has 0 saturated carbocycles. The molecule has 2 aromatic rings. The molecule has 1 aliphatic rings. The highest BCUT2D eigenvalue weighted by Gasteiger charge is 2.29. The van der Waals surface area contributed by atoms with Crippen molar-refractivity contribution in [2.24, 2.45) is 0 Å². The van der Waals surface area contributed by atoms with Gasteiger partial charge in [-0.3, -0.25) is 0 Å². The van der Waals surface area contributed by atoms with Gasteiger partial charge in [-0.15, -0.1) is 0 Å². The molecule has 0 spiro atoms. The minimum Gasteiger partial charge on any atom is -0.378 e. The zero-order valence-corrected chi connectivity index (χ0v) is 16.0. The first-order valence-electron chi connectivity index (χ1n) is 8.53. The fourth-order valence-electron chi connectivity index (χ4n) is 3.05. The largest absolute Gasteiger partial charge is 0.378 e. The van der Waals surface area contributed by atoms with Crippen molar-refractivity contribution in [1.29, 1.82) is 0 Å². The van der Waals surface area contributed by atoms with E-state index in [1.807, 2.05) is 26.2 Å². The third kappa shape index (κ3) is 4.00. The Bertz CT molecular complexity index is 766. The van der Waals surface area contributed by atoms with E-state index < -0.39 is 0 Å². The van der Waals surface area contributed by atoms with Crippen LogP contribution in [-0.2, 0) is 10.3 Å². The van der Waals surface area contributed by atoms with E-state index in [0.717, 1.165) is 22.8 Å². The van der Waals surface area contributed by atoms with E-state index in [1.165, 1.54) is 11.3 Å². The van der Waals surface area contributed by atoms with Crippen molar-refractivity contribution in [2.45, 2.75) is 19.4 Å². The number of fused-ring (bicyclic) bond motifs is 1. The summed E-state index contributed by atoms with van der Waals surface area (Å²) in [7, 11) is 4.10. The average molecular weight is 357 g/mol. The van der Waals surface area contributed by atoms with Crippen LogP contribution in [-0.4, -0.2) is 27.2 Å². The third-order valence-electron chi connectivity index (χ3n) is 4.57. The zero-order chi connectivity index (χ0) is 18.0. The molecule has 0 radical (unpaired) electrons. The van der Waals surface area contributed by atoms with E-state index in [2.05, 4.69) is 66.3 Å². The number of ether oxygens (including phenoxy) is 1. The van der Waals surface area contributed by atoms with Gasteiger partial charge in [-0.05, 0) is 55.8 Å². The second-order valence-corrected chi connectivity index (χ2v) is 7.45. The fourth-order valence-corrected chi connectivity index (χ4v) is 3.22. The number of benzene rings is 2. The first kappa shape index (κ1) is 17.8. The molecule has 3 nitrogen and oxygen atoms in total. The minimum atomic E-state index is -0.351. The maximum absolute atomic E-state index is 6.22. The van der Waals surface area contributed by atoms with Crippen molar-refractivity contribution in [3.63, 3.8) is 0 Å². The van der Waals surface area contributed by atoms with Gasteiger partial charge in [-0.1, -0.05) is 23.7 Å². The van der Waals surface area contributed by atoms with Crippen molar-refractivity contribution in [2.75, 3.05) is 37.0 Å². The molecule has 0 bridgehead atoms. The molecule has 4 heteroatoms. The number of hydrogen-bond donors (Lipinski definition) is 0. The second kappa shape index (κ2) is 7.11. The monoisotopic (exact) mass is 356 g/mol. The van der Waals surface area contributed by atoms with Crippen molar-refractivity contribution in [1.82, 2.24) is 0 Å². The standard InChI is InChI=1S/C21H25ClN2O/c1-21(2)19-15-17(22)7-10-20(19)24(13-14-25-21)12-11-16-5-8-18(9-6-16)23(3)4/h5-12,15H,13-14H2,1-4H3/b12-11-. The van der Waals surface area contributed by atoms with Gasteiger partial charge in [0.05, 0.1) is 12.2 Å². The minimum absolute atomic E-state index is 0.351. The van der Waals surface area contributed by atoms with Crippen LogP contribution in [0.3, 0.4) is 0 Å². The molecule has 0 N–H and O–H groups in total. The lowest BCUT2D eigenvalue weighted by Gasteiger charge is -2.26. The molecule has 0 aromatic heterocycles. The molecule has 0 amide bonds. The predicted molar refractivity (Wildman–Crippen MR) is 108 cm³/mol. The highest BCUT2D eigenvalue weighted by molar-refractivity contribution is 6.30. The number of hydrogen-bond acceptors (Lipinski definition) is 3. The van der Waals surface area contributed by atoms with Crippen molar-refractivity contribution in [3.8, 4) is 0 Å². The van der Waals surface area contributed by atoms with E-state index in [-0.39, 0.29) is 5.60 Å². The number of halogens is 1. The van der Waals surface area contributed by atoms with Crippen molar-refractivity contribution in [3.05, 3.63) is 64.8 Å². The Morgan fingerprint density at radius 2 is 1.84 bits per heavy atom. The predicted octanol–water partition coefficient (Wildman–Crippen LogP) is 5.15. The summed E-state index contributed by atoms with van der Waals surface area (Å²) in [5.74, 6) is 0. The number of rotatable bonds is 3. The SMILES string of the molecule is CN(C)c1ccc(/C=C\N2CCOC(C)(C)c3cc(Cl)ccc32)cc1. The quantitative estimate of drug-likeness (QED) is 0.756. The summed E-state index contributed by atoms with van der Waals surface area (Å²) in [5, 5.41) is 0.737. The first-order chi connectivity index (χ1) is 11.9. The summed E-state index contributed by atoms with van der Waals surface area (Å²) in [6.45, 7) is 5.66. The van der Waals surface area contributed by atoms with Crippen LogP contribution in [0, 0.1) is 0 Å². The van der Waals surface area contributed by atoms with Gasteiger partial charge in [0.25, 0.3) is 0 Å². The van der Waals surface area contributed by atoms with Gasteiger partial charge >= 0.3 is 0 Å². The molecule has 132 valence electrons. The van der Waals surface area contributed by atoms with Crippen molar-refractivity contribution < 1.29 is 4.74 Å². The number of nitrogens with zero attached hydrogens (tertiary/aromatic N) is 2. The third-order valence-corrected chi connectivity index (χ3v) is 4.80. The molecule has 25 heavy (non-hydrogen) atoms. The molecule has 2 aromatic carbocycles. The zero-order valence-electron chi connectivity index (χ0n) is 15.3. The summed E-state index contributed by atoms with van der Waals surface area (Å²) in [4.78, 5) is 4.34. The molecule has 0 atom stereocenters. The molecule has 1 aliphatic heterocycles. The van der Waals surface area contributed by atoms with Crippen LogP contribution in [0.15, 0.2) is 48.7 Å². The van der Waals surface area contributed by atoms with Gasteiger partial charge in [-0.25, -0.2) is 0 Å². The molecular formula is C21H25ClN2O. The fraction of sp³-hybridized carbons (Fsp3) is 0.333. The lowest BCUT2D eigenvalue weighted by Crippen LogP contribution is -2.21. The Labute approximate surface area is 155 Å². The number of anilines is 2. The molecular weight excluding hydrogens is 332 g/mol. The van der Waals surface area contributed by atoms with Crippen LogP contribution in [0.25, 0.3) is 6.08 Å². The van der Waals surface area contributed by atoms with Crippen LogP contribution < -0.4 is 9.80 Å². The smallest absolute Gasteiger partial charge is 0.0896 e. The molecule has 0 fully saturated rings. The second-order valence-electron chi connectivity index (χ2n) is 7.02. The van der Waals surface area contributed by atoms with E-state index in [9.17, 15) is 0 Å². The van der Waals surface area contributed by atoms with E-state index in [0.29, 0.717) is 6.61 Å². The van der Waals surface area contributed by atoms with Crippen LogP contribution in [0.1, 0.15) is 25.0 Å². The molecule has 0 aliphatic carbocycles. The van der Waals surface area contributed by atoms with Gasteiger partial charge in [0.2, 0.25) is 0 Å². The summed E-state index contributed by atoms with van der Waals surface area (Å²) in [5.41, 5.74) is 4.28. The first-order valence-corrected chi connectivity index (χ1v) is 8.91. The van der Waals surface area contributed by atoms with E-state index in [1.54, 1.807) is 0 Å². The summed E-state index contributed by atoms with van der Waals surface area (Å²) in [6, 6.07) is 14.5. The normalized spacial score (nSPS) is 16.6. The average Bonchev–Trinajstić information content (AvgIpc) is 2.70. The Morgan fingerprint density at radius 1 is 1.12 bits per heavy atom. The summed E-state index contributed by atoms with van der Waals surface area (Å²) >= 11 is 6.22. The van der Waals surface area contributed by atoms with Crippen LogP contribution in [0.4, 0.5) is 11.4 Å². The Kier molecular flexibility index (Phi) is 5.07. The van der Waals surface area contributed by atoms with Crippen LogP contribution in [0.5, 0.6) is 0 Å². The lowest BCUT2D eigenvalue weighted by molar-refractivity contribution is -0.0128. The summed E-state index contributed by atoms with van der Waals surface area (Å²) in [6.07, 6.45) is 4.26. The van der Waals surface area contributed by atoms with Crippen molar-refractivity contribution >= 4 is 29.1 Å². The van der Waals surface area contributed by atoms with Crippen LogP contribution >= 0.6 is 11.6 Å². The Balaban J connectivity index is 1.89. The Morgan fingerprint density at radius 3 is 2.52 bits per heavy atom.